The van der Waals surface area contributed by atoms with Crippen molar-refractivity contribution in [2.45, 2.75) is 25.9 Å². The zero-order valence-corrected chi connectivity index (χ0v) is 17.2. The molecule has 1 amide bonds. The highest BCUT2D eigenvalue weighted by molar-refractivity contribution is 7.22. The highest BCUT2D eigenvalue weighted by atomic mass is 32.1. The predicted octanol–water partition coefficient (Wildman–Crippen LogP) is 3.51. The number of hydrogen-bond donors (Lipinski definition) is 1. The lowest BCUT2D eigenvalue weighted by atomic mass is 10.1. The van der Waals surface area contributed by atoms with Gasteiger partial charge in [0.1, 0.15) is 13.2 Å². The van der Waals surface area contributed by atoms with E-state index in [2.05, 4.69) is 15.1 Å². The van der Waals surface area contributed by atoms with Crippen molar-refractivity contribution in [3.63, 3.8) is 0 Å². The lowest BCUT2D eigenvalue weighted by Gasteiger charge is -2.13. The van der Waals surface area contributed by atoms with Crippen LogP contribution in [0, 0.1) is 15.5 Å². The number of carbonyl (C=O) groups is 2. The molecule has 31 heavy (non-hydrogen) atoms. The molecule has 1 saturated carbocycles. The largest absolute Gasteiger partial charge is 0.460 e. The number of aromatic nitrogens is 1. The van der Waals surface area contributed by atoms with Gasteiger partial charge < -0.3 is 14.9 Å². The maximum atomic E-state index is 12.3. The first-order valence-electron chi connectivity index (χ1n) is 9.59. The monoisotopic (exact) mass is 441 g/mol. The summed E-state index contributed by atoms with van der Waals surface area (Å²) in [6.45, 7) is -0.218. The summed E-state index contributed by atoms with van der Waals surface area (Å²) >= 11 is 1.47. The Kier molecular flexibility index (Phi) is 5.81. The second kappa shape index (κ2) is 8.68. The Morgan fingerprint density at radius 2 is 1.94 bits per heavy atom. The molecular formula is C21H19N3O6S. The minimum Gasteiger partial charge on any atom is -0.460 e. The third-order valence-electron chi connectivity index (χ3n) is 5.08. The lowest BCUT2D eigenvalue weighted by molar-refractivity contribution is -0.759. The number of benzene rings is 1. The molecule has 2 aromatic heterocycles. The van der Waals surface area contributed by atoms with E-state index in [0.717, 1.165) is 26.2 Å². The number of nitrogens with one attached hydrogen (secondary N) is 1. The first kappa shape index (κ1) is 20.7. The number of anilines is 1. The Labute approximate surface area is 181 Å². The van der Waals surface area contributed by atoms with Crippen LogP contribution in [0.1, 0.15) is 24.0 Å². The Balaban J connectivity index is 1.26. The first-order valence-corrected chi connectivity index (χ1v) is 10.4. The van der Waals surface area contributed by atoms with E-state index in [4.69, 9.17) is 4.74 Å². The van der Waals surface area contributed by atoms with Crippen LogP contribution >= 0.6 is 11.3 Å². The Bertz CT molecular complexity index is 1090. The molecule has 0 spiro atoms. The molecule has 4 rings (SSSR count). The summed E-state index contributed by atoms with van der Waals surface area (Å²) in [5, 5.41) is 14.1. The summed E-state index contributed by atoms with van der Waals surface area (Å²) in [5.41, 5.74) is 0.697. The quantitative estimate of drug-likeness (QED) is 0.306. The normalized spacial score (nSPS) is 14.1. The molecule has 1 N–H and O–H groups in total. The summed E-state index contributed by atoms with van der Waals surface area (Å²) in [6.07, 6.45) is 4.73. The molecule has 160 valence electrons. The van der Waals surface area contributed by atoms with E-state index in [1.165, 1.54) is 11.3 Å². The lowest BCUT2D eigenvalue weighted by Crippen LogP contribution is -2.25. The van der Waals surface area contributed by atoms with Gasteiger partial charge in [0.2, 0.25) is 5.91 Å². The first-order chi connectivity index (χ1) is 14.9. The van der Waals surface area contributed by atoms with Crippen LogP contribution < -0.4 is 5.32 Å². The molecule has 2 heterocycles. The van der Waals surface area contributed by atoms with Crippen molar-refractivity contribution in [2.24, 2.45) is 5.41 Å². The fraction of sp³-hybridized carbons (Fsp3) is 0.286. The number of thiophene rings is 1. The number of pyridine rings is 1. The molecule has 0 bridgehead atoms. The van der Waals surface area contributed by atoms with Crippen LogP contribution in [-0.4, -0.2) is 28.6 Å². The highest BCUT2D eigenvalue weighted by Crippen LogP contribution is 2.47. The van der Waals surface area contributed by atoms with Crippen molar-refractivity contribution in [3.8, 4) is 0 Å². The van der Waals surface area contributed by atoms with Crippen molar-refractivity contribution in [1.82, 2.24) is 4.98 Å². The number of rotatable bonds is 9. The van der Waals surface area contributed by atoms with Crippen LogP contribution in [0.5, 0.6) is 0 Å². The molecule has 1 fully saturated rings. The number of ether oxygens (including phenoxy) is 1. The number of amides is 1. The van der Waals surface area contributed by atoms with Gasteiger partial charge in [-0.1, -0.05) is 24.3 Å². The van der Waals surface area contributed by atoms with Gasteiger partial charge in [0.25, 0.3) is 5.09 Å². The fourth-order valence-electron chi connectivity index (χ4n) is 3.10. The standard InChI is InChI=1S/C21H19N3O6S/c25-18(23-19-10-16-5-8-22-11-17(16)31-19)9-14-1-3-15(4-2-14)12-29-20(26)21(6-7-21)13-30-24(27)28/h1-5,8,10-11H,6-7,9,12-13H2,(H,23,25). The molecule has 9 nitrogen and oxygen atoms in total. The molecule has 1 aromatic carbocycles. The van der Waals surface area contributed by atoms with Gasteiger partial charge in [0.15, 0.2) is 0 Å². The maximum Gasteiger partial charge on any atom is 0.314 e. The maximum absolute atomic E-state index is 12.3. The Morgan fingerprint density at radius 1 is 1.19 bits per heavy atom. The van der Waals surface area contributed by atoms with E-state index < -0.39 is 16.5 Å². The second-order valence-electron chi connectivity index (χ2n) is 7.42. The summed E-state index contributed by atoms with van der Waals surface area (Å²) in [4.78, 5) is 43.3. The average molecular weight is 441 g/mol. The van der Waals surface area contributed by atoms with Gasteiger partial charge in [-0.2, -0.15) is 0 Å². The number of carbonyl (C=O) groups excluding carboxylic acids is 2. The minimum atomic E-state index is -0.903. The smallest absolute Gasteiger partial charge is 0.314 e. The number of fused-ring (bicyclic) bond motifs is 1. The zero-order valence-electron chi connectivity index (χ0n) is 16.4. The van der Waals surface area contributed by atoms with E-state index in [1.54, 1.807) is 36.7 Å². The van der Waals surface area contributed by atoms with Crippen LogP contribution in [0.4, 0.5) is 5.00 Å². The van der Waals surface area contributed by atoms with Gasteiger partial charge in [-0.05, 0) is 41.5 Å². The van der Waals surface area contributed by atoms with Crippen LogP contribution in [0.25, 0.3) is 10.1 Å². The Morgan fingerprint density at radius 3 is 2.61 bits per heavy atom. The van der Waals surface area contributed by atoms with Gasteiger partial charge >= 0.3 is 5.97 Å². The number of esters is 1. The SMILES string of the molecule is O=C(Cc1ccc(COC(=O)C2(CO[N+](=O)[O-])CC2)cc1)Nc1cc2ccncc2s1. The van der Waals surface area contributed by atoms with E-state index in [-0.39, 0.29) is 25.5 Å². The average Bonchev–Trinajstić information content (AvgIpc) is 3.44. The van der Waals surface area contributed by atoms with Crippen molar-refractivity contribution < 1.29 is 24.3 Å². The third kappa shape index (κ3) is 5.15. The van der Waals surface area contributed by atoms with Gasteiger partial charge in [0, 0.05) is 12.4 Å². The molecule has 3 aromatic rings. The van der Waals surface area contributed by atoms with Gasteiger partial charge in [-0.3, -0.25) is 14.6 Å². The molecular weight excluding hydrogens is 422 g/mol. The molecule has 1 aliphatic carbocycles. The highest BCUT2D eigenvalue weighted by Gasteiger charge is 2.52. The second-order valence-corrected chi connectivity index (χ2v) is 8.50. The third-order valence-corrected chi connectivity index (χ3v) is 6.08. The predicted molar refractivity (Wildman–Crippen MR) is 113 cm³/mol. The zero-order chi connectivity index (χ0) is 21.8. The van der Waals surface area contributed by atoms with Gasteiger partial charge in [-0.15, -0.1) is 21.5 Å². The molecule has 0 saturated heterocycles. The Hall–Kier alpha value is -3.53. The van der Waals surface area contributed by atoms with E-state index in [9.17, 15) is 19.7 Å². The van der Waals surface area contributed by atoms with E-state index in [1.807, 2.05) is 12.1 Å². The molecule has 0 aliphatic heterocycles. The molecule has 10 heteroatoms. The number of nitrogens with zero attached hydrogens (tertiary/aromatic N) is 2. The van der Waals surface area contributed by atoms with Crippen LogP contribution in [-0.2, 0) is 32.2 Å². The molecule has 0 radical (unpaired) electrons. The summed E-state index contributed by atoms with van der Waals surface area (Å²) in [5.74, 6) is -0.614. The summed E-state index contributed by atoms with van der Waals surface area (Å²) in [7, 11) is 0. The minimum absolute atomic E-state index is 0.0569. The van der Waals surface area contributed by atoms with Crippen LogP contribution in [0.3, 0.4) is 0 Å². The van der Waals surface area contributed by atoms with E-state index >= 15 is 0 Å². The van der Waals surface area contributed by atoms with Crippen molar-refractivity contribution >= 4 is 38.3 Å². The van der Waals surface area contributed by atoms with Crippen molar-refractivity contribution in [2.75, 3.05) is 11.9 Å². The van der Waals surface area contributed by atoms with E-state index in [0.29, 0.717) is 12.8 Å². The fourth-order valence-corrected chi connectivity index (χ4v) is 4.05. The van der Waals surface area contributed by atoms with Crippen LogP contribution in [0.15, 0.2) is 48.8 Å². The van der Waals surface area contributed by atoms with Gasteiger partial charge in [-0.25, -0.2) is 0 Å². The van der Waals surface area contributed by atoms with Crippen molar-refractivity contribution in [3.05, 3.63) is 70.0 Å². The molecule has 0 atom stereocenters. The summed E-state index contributed by atoms with van der Waals surface area (Å²) in [6, 6.07) is 11.0. The number of hydrogen-bond acceptors (Lipinski definition) is 8. The van der Waals surface area contributed by atoms with Crippen molar-refractivity contribution in [1.29, 1.82) is 0 Å². The van der Waals surface area contributed by atoms with Gasteiger partial charge in [0.05, 0.1) is 21.5 Å². The molecule has 1 aliphatic rings. The summed E-state index contributed by atoms with van der Waals surface area (Å²) < 4.78 is 6.30. The topological polar surface area (TPSA) is 121 Å². The molecule has 0 unspecified atom stereocenters. The van der Waals surface area contributed by atoms with Crippen LogP contribution in [0.2, 0.25) is 0 Å².